The van der Waals surface area contributed by atoms with E-state index in [1.54, 1.807) is 12.2 Å². The number of likely N-dealkylation sites (tertiary alicyclic amines) is 1. The first kappa shape index (κ1) is 8.22. The SMILES string of the molecule is O=C(O)C(F)N1C(=O)C2C=CC1C2. The van der Waals surface area contributed by atoms with Crippen LogP contribution in [-0.2, 0) is 9.59 Å². The summed E-state index contributed by atoms with van der Waals surface area (Å²) in [4.78, 5) is 22.4. The fourth-order valence-corrected chi connectivity index (χ4v) is 1.82. The number of halogens is 1. The first-order valence-corrected chi connectivity index (χ1v) is 3.98. The van der Waals surface area contributed by atoms with E-state index >= 15 is 0 Å². The predicted octanol–water partition coefficient (Wildman–Crippen LogP) is 0.153. The minimum atomic E-state index is -2.20. The molecule has 0 aromatic carbocycles. The van der Waals surface area contributed by atoms with Crippen LogP contribution in [0, 0.1) is 5.92 Å². The Hall–Kier alpha value is -1.39. The van der Waals surface area contributed by atoms with Gasteiger partial charge in [-0.1, -0.05) is 12.2 Å². The molecule has 3 atom stereocenters. The van der Waals surface area contributed by atoms with Crippen molar-refractivity contribution in [1.29, 1.82) is 0 Å². The van der Waals surface area contributed by atoms with E-state index in [4.69, 9.17) is 5.11 Å². The number of amides is 1. The first-order chi connectivity index (χ1) is 6.11. The lowest BCUT2D eigenvalue weighted by Gasteiger charge is -2.24. The predicted molar refractivity (Wildman–Crippen MR) is 40.4 cm³/mol. The van der Waals surface area contributed by atoms with Crippen molar-refractivity contribution < 1.29 is 19.1 Å². The summed E-state index contributed by atoms with van der Waals surface area (Å²) in [5, 5.41) is 8.40. The number of fused-ring (bicyclic) bond motifs is 2. The Labute approximate surface area is 73.6 Å². The highest BCUT2D eigenvalue weighted by Crippen LogP contribution is 2.34. The number of hydrogen-bond acceptors (Lipinski definition) is 2. The zero-order valence-corrected chi connectivity index (χ0v) is 6.68. The maximum atomic E-state index is 13.0. The molecule has 1 amide bonds. The Morgan fingerprint density at radius 3 is 2.85 bits per heavy atom. The number of carboxylic acids is 1. The third kappa shape index (κ3) is 1.03. The Morgan fingerprint density at radius 1 is 1.69 bits per heavy atom. The van der Waals surface area contributed by atoms with Crippen LogP contribution in [0.15, 0.2) is 12.2 Å². The summed E-state index contributed by atoms with van der Waals surface area (Å²) in [6, 6.07) is -0.358. The average molecular weight is 185 g/mol. The highest BCUT2D eigenvalue weighted by Gasteiger charge is 2.46. The van der Waals surface area contributed by atoms with Crippen LogP contribution in [0.1, 0.15) is 6.42 Å². The van der Waals surface area contributed by atoms with E-state index in [0.717, 1.165) is 4.90 Å². The van der Waals surface area contributed by atoms with Crippen LogP contribution in [0.4, 0.5) is 4.39 Å². The summed E-state index contributed by atoms with van der Waals surface area (Å²) in [6.45, 7) is 0. The van der Waals surface area contributed by atoms with Crippen molar-refractivity contribution in [1.82, 2.24) is 4.90 Å². The van der Waals surface area contributed by atoms with E-state index in [2.05, 4.69) is 0 Å². The smallest absolute Gasteiger partial charge is 0.359 e. The molecule has 1 aliphatic heterocycles. The minimum Gasteiger partial charge on any atom is -0.478 e. The lowest BCUT2D eigenvalue weighted by Crippen LogP contribution is -2.44. The summed E-state index contributed by atoms with van der Waals surface area (Å²) >= 11 is 0. The molecule has 5 heteroatoms. The van der Waals surface area contributed by atoms with Crippen molar-refractivity contribution in [3.05, 3.63) is 12.2 Å². The standard InChI is InChI=1S/C8H8FNO3/c9-6(8(12)13)10-5-2-1-4(3-5)7(10)11/h1-2,4-6H,3H2,(H,12,13). The van der Waals surface area contributed by atoms with Crippen molar-refractivity contribution >= 4 is 11.9 Å². The zero-order valence-electron chi connectivity index (χ0n) is 6.68. The molecule has 13 heavy (non-hydrogen) atoms. The van der Waals surface area contributed by atoms with Crippen LogP contribution < -0.4 is 0 Å². The Bertz CT molecular complexity index is 302. The van der Waals surface area contributed by atoms with Crippen molar-refractivity contribution in [2.24, 2.45) is 5.92 Å². The van der Waals surface area contributed by atoms with Crippen molar-refractivity contribution in [2.75, 3.05) is 0 Å². The number of rotatable bonds is 2. The second-order valence-electron chi connectivity index (χ2n) is 3.21. The van der Waals surface area contributed by atoms with Crippen LogP contribution in [0.2, 0.25) is 0 Å². The average Bonchev–Trinajstić information content (AvgIpc) is 2.62. The fraction of sp³-hybridized carbons (Fsp3) is 0.500. The molecule has 0 aromatic rings. The normalized spacial score (nSPS) is 32.7. The summed E-state index contributed by atoms with van der Waals surface area (Å²) in [5.74, 6) is -2.32. The molecule has 0 aromatic heterocycles. The highest BCUT2D eigenvalue weighted by atomic mass is 19.1. The Morgan fingerprint density at radius 2 is 2.38 bits per heavy atom. The van der Waals surface area contributed by atoms with E-state index in [0.29, 0.717) is 6.42 Å². The molecule has 2 rings (SSSR count). The van der Waals surface area contributed by atoms with E-state index in [9.17, 15) is 14.0 Å². The van der Waals surface area contributed by atoms with Crippen LogP contribution in [0.5, 0.6) is 0 Å². The van der Waals surface area contributed by atoms with Gasteiger partial charge in [0.15, 0.2) is 0 Å². The topological polar surface area (TPSA) is 57.6 Å². The van der Waals surface area contributed by atoms with Gasteiger partial charge in [-0.3, -0.25) is 9.69 Å². The fourth-order valence-electron chi connectivity index (χ4n) is 1.82. The van der Waals surface area contributed by atoms with Crippen LogP contribution >= 0.6 is 0 Å². The van der Waals surface area contributed by atoms with Gasteiger partial charge in [-0.15, -0.1) is 0 Å². The summed E-state index contributed by atoms with van der Waals surface area (Å²) in [7, 11) is 0. The maximum Gasteiger partial charge on any atom is 0.359 e. The maximum absolute atomic E-state index is 13.0. The van der Waals surface area contributed by atoms with Gasteiger partial charge in [0.05, 0.1) is 12.0 Å². The van der Waals surface area contributed by atoms with Crippen LogP contribution in [-0.4, -0.2) is 34.2 Å². The number of alkyl halides is 1. The third-order valence-electron chi connectivity index (χ3n) is 2.44. The molecular weight excluding hydrogens is 177 g/mol. The monoisotopic (exact) mass is 185 g/mol. The quantitative estimate of drug-likeness (QED) is 0.492. The molecular formula is C8H8FNO3. The number of nitrogens with zero attached hydrogens (tertiary/aromatic N) is 1. The number of carbonyl (C=O) groups is 2. The molecule has 0 spiro atoms. The van der Waals surface area contributed by atoms with Crippen LogP contribution in [0.25, 0.3) is 0 Å². The molecule has 1 fully saturated rings. The summed E-state index contributed by atoms with van der Waals surface area (Å²) < 4.78 is 13.0. The molecule has 3 unspecified atom stereocenters. The lowest BCUT2D eigenvalue weighted by molar-refractivity contribution is -0.157. The first-order valence-electron chi connectivity index (χ1n) is 3.98. The summed E-state index contributed by atoms with van der Waals surface area (Å²) in [5.41, 5.74) is 0. The molecule has 2 aliphatic rings. The van der Waals surface area contributed by atoms with E-state index in [1.807, 2.05) is 0 Å². The largest absolute Gasteiger partial charge is 0.478 e. The van der Waals surface area contributed by atoms with Crippen molar-refractivity contribution in [2.45, 2.75) is 18.8 Å². The van der Waals surface area contributed by atoms with Gasteiger partial charge >= 0.3 is 5.97 Å². The summed E-state index contributed by atoms with van der Waals surface area (Å²) in [6.07, 6.45) is 1.71. The molecule has 1 N–H and O–H groups in total. The lowest BCUT2D eigenvalue weighted by atomic mass is 10.1. The van der Waals surface area contributed by atoms with Gasteiger partial charge in [0, 0.05) is 0 Å². The van der Waals surface area contributed by atoms with E-state index in [1.165, 1.54) is 0 Å². The van der Waals surface area contributed by atoms with Gasteiger partial charge in [0.25, 0.3) is 6.30 Å². The second kappa shape index (κ2) is 2.55. The molecule has 0 radical (unpaired) electrons. The van der Waals surface area contributed by atoms with Gasteiger partial charge < -0.3 is 5.11 Å². The molecule has 1 aliphatic carbocycles. The second-order valence-corrected chi connectivity index (χ2v) is 3.21. The molecule has 1 saturated heterocycles. The van der Waals surface area contributed by atoms with E-state index in [-0.39, 0.29) is 12.0 Å². The van der Waals surface area contributed by atoms with Gasteiger partial charge in [-0.2, -0.15) is 0 Å². The van der Waals surface area contributed by atoms with Crippen molar-refractivity contribution in [3.8, 4) is 0 Å². The van der Waals surface area contributed by atoms with Crippen molar-refractivity contribution in [3.63, 3.8) is 0 Å². The number of aliphatic carboxylic acids is 1. The zero-order chi connectivity index (χ0) is 9.59. The van der Waals surface area contributed by atoms with Gasteiger partial charge in [0.2, 0.25) is 5.91 Å². The van der Waals surface area contributed by atoms with Crippen LogP contribution in [0.3, 0.4) is 0 Å². The van der Waals surface area contributed by atoms with Gasteiger partial charge in [-0.05, 0) is 6.42 Å². The minimum absolute atomic E-state index is 0.303. The van der Waals surface area contributed by atoms with Gasteiger partial charge in [0.1, 0.15) is 0 Å². The highest BCUT2D eigenvalue weighted by molar-refractivity contribution is 5.89. The van der Waals surface area contributed by atoms with E-state index < -0.39 is 18.2 Å². The Balaban J connectivity index is 2.22. The van der Waals surface area contributed by atoms with Gasteiger partial charge in [-0.25, -0.2) is 9.18 Å². The number of hydrogen-bond donors (Lipinski definition) is 1. The third-order valence-corrected chi connectivity index (χ3v) is 2.44. The Kier molecular flexibility index (Phi) is 1.61. The number of carboxylic acid groups (broad SMARTS) is 1. The molecule has 2 bridgehead atoms. The molecule has 4 nitrogen and oxygen atoms in total. The molecule has 1 heterocycles. The molecule has 70 valence electrons. The molecule has 0 saturated carbocycles. The number of carbonyl (C=O) groups excluding carboxylic acids is 1.